The summed E-state index contributed by atoms with van der Waals surface area (Å²) in [5.41, 5.74) is 0.216. The molecule has 11 atom stereocenters. The molecule has 0 aromatic rings. The van der Waals surface area contributed by atoms with Crippen LogP contribution in [0.15, 0.2) is 0 Å². The average molecular weight is 503 g/mol. The number of esters is 1. The Kier molecular flexibility index (Phi) is 7.82. The number of methoxy groups -OCH3 is 1. The highest BCUT2D eigenvalue weighted by molar-refractivity contribution is 5.99. The zero-order valence-corrected chi connectivity index (χ0v) is 24.4. The molecule has 4 aliphatic rings. The third-order valence-electron chi connectivity index (χ3n) is 12.5. The second kappa shape index (κ2) is 10.0. The average Bonchev–Trinajstić information content (AvgIpc) is 3.12. The van der Waals surface area contributed by atoms with Gasteiger partial charge in [-0.3, -0.25) is 9.59 Å². The summed E-state index contributed by atoms with van der Waals surface area (Å²) in [6.07, 6.45) is 11.1. The molecule has 4 aliphatic carbocycles. The number of carbonyl (C=O) groups excluding carboxylic acids is 2. The van der Waals surface area contributed by atoms with E-state index in [-0.39, 0.29) is 23.1 Å². The maximum atomic E-state index is 12.9. The van der Waals surface area contributed by atoms with Crippen LogP contribution in [0.1, 0.15) is 113 Å². The molecule has 4 fully saturated rings. The number of ether oxygens (including phenoxy) is 1. The fourth-order valence-electron chi connectivity index (χ4n) is 10.6. The second-order valence-corrected chi connectivity index (χ2v) is 14.6. The van der Waals surface area contributed by atoms with E-state index in [0.717, 1.165) is 37.0 Å². The molecule has 0 aromatic heterocycles. The summed E-state index contributed by atoms with van der Waals surface area (Å²) in [5, 5.41) is 11.1. The van der Waals surface area contributed by atoms with Gasteiger partial charge in [-0.15, -0.1) is 0 Å². The van der Waals surface area contributed by atoms with Gasteiger partial charge in [-0.25, -0.2) is 0 Å². The lowest BCUT2D eigenvalue weighted by Gasteiger charge is -2.62. The van der Waals surface area contributed by atoms with Crippen LogP contribution in [0.2, 0.25) is 0 Å². The lowest BCUT2D eigenvalue weighted by molar-refractivity contribution is -0.155. The number of aliphatic hydroxyl groups is 1. The Balaban J connectivity index is 1.54. The fraction of sp³-hybridized carbons (Fsp3) is 0.938. The molecule has 2 unspecified atom stereocenters. The van der Waals surface area contributed by atoms with Crippen molar-refractivity contribution in [2.75, 3.05) is 7.11 Å². The Morgan fingerprint density at radius 2 is 1.69 bits per heavy atom. The van der Waals surface area contributed by atoms with Gasteiger partial charge in [-0.05, 0) is 116 Å². The summed E-state index contributed by atoms with van der Waals surface area (Å²) in [6, 6.07) is 0. The highest BCUT2D eigenvalue weighted by Gasteiger charge is 2.63. The van der Waals surface area contributed by atoms with Gasteiger partial charge in [-0.1, -0.05) is 48.5 Å². The van der Waals surface area contributed by atoms with Crippen molar-refractivity contribution in [2.45, 2.75) is 118 Å². The predicted octanol–water partition coefficient (Wildman–Crippen LogP) is 7.07. The first-order valence-corrected chi connectivity index (χ1v) is 15.1. The third kappa shape index (κ3) is 4.50. The van der Waals surface area contributed by atoms with Crippen LogP contribution >= 0.6 is 0 Å². The van der Waals surface area contributed by atoms with Crippen LogP contribution < -0.4 is 0 Å². The number of rotatable bonds is 7. The topological polar surface area (TPSA) is 63.6 Å². The van der Waals surface area contributed by atoms with E-state index in [1.807, 2.05) is 13.8 Å². The molecule has 0 radical (unpaired) electrons. The Bertz CT molecular complexity index is 836. The van der Waals surface area contributed by atoms with Crippen LogP contribution in [0.5, 0.6) is 0 Å². The van der Waals surface area contributed by atoms with Crippen molar-refractivity contribution in [1.82, 2.24) is 0 Å². The van der Waals surface area contributed by atoms with Crippen LogP contribution in [0.4, 0.5) is 0 Å². The van der Waals surface area contributed by atoms with Crippen molar-refractivity contribution in [3.63, 3.8) is 0 Å². The van der Waals surface area contributed by atoms with E-state index in [4.69, 9.17) is 4.74 Å². The van der Waals surface area contributed by atoms with E-state index >= 15 is 0 Å². The van der Waals surface area contributed by atoms with Crippen LogP contribution in [0.25, 0.3) is 0 Å². The quantitative estimate of drug-likeness (QED) is 0.299. The van der Waals surface area contributed by atoms with Gasteiger partial charge in [0.25, 0.3) is 0 Å². The highest BCUT2D eigenvalue weighted by atomic mass is 16.5. The van der Waals surface area contributed by atoms with E-state index in [1.54, 1.807) is 0 Å². The van der Waals surface area contributed by atoms with E-state index in [2.05, 4.69) is 34.6 Å². The lowest BCUT2D eigenvalue weighted by atomic mass is 9.43. The third-order valence-corrected chi connectivity index (χ3v) is 12.5. The molecule has 0 spiro atoms. The van der Waals surface area contributed by atoms with E-state index in [9.17, 15) is 14.7 Å². The molecule has 0 aliphatic heterocycles. The molecular weight excluding hydrogens is 448 g/mol. The number of carbonyl (C=O) groups is 2. The van der Waals surface area contributed by atoms with E-state index < -0.39 is 11.5 Å². The van der Waals surface area contributed by atoms with Crippen LogP contribution in [-0.2, 0) is 14.3 Å². The number of hydrogen-bond donors (Lipinski definition) is 1. The van der Waals surface area contributed by atoms with Crippen molar-refractivity contribution in [1.29, 1.82) is 0 Å². The van der Waals surface area contributed by atoms with Gasteiger partial charge in [-0.2, -0.15) is 0 Å². The summed E-state index contributed by atoms with van der Waals surface area (Å²) >= 11 is 0. The minimum absolute atomic E-state index is 0.0281. The van der Waals surface area contributed by atoms with Gasteiger partial charge in [0.2, 0.25) is 0 Å². The minimum atomic E-state index is -0.634. The summed E-state index contributed by atoms with van der Waals surface area (Å²) in [7, 11) is 1.41. The Morgan fingerprint density at radius 1 is 1.00 bits per heavy atom. The largest absolute Gasteiger partial charge is 0.468 e. The molecule has 0 heterocycles. The molecule has 206 valence electrons. The number of Topliss-reactive ketones (excluding diaryl/α,β-unsaturated/α-hetero) is 1. The van der Waals surface area contributed by atoms with Gasteiger partial charge in [0.05, 0.1) is 12.7 Å². The first-order chi connectivity index (χ1) is 16.8. The second-order valence-electron chi connectivity index (χ2n) is 14.6. The van der Waals surface area contributed by atoms with Gasteiger partial charge >= 0.3 is 5.97 Å². The van der Waals surface area contributed by atoms with E-state index in [1.165, 1.54) is 45.6 Å². The summed E-state index contributed by atoms with van der Waals surface area (Å²) < 4.78 is 5.08. The van der Waals surface area contributed by atoms with E-state index in [0.29, 0.717) is 35.5 Å². The van der Waals surface area contributed by atoms with Crippen LogP contribution in [0.3, 0.4) is 0 Å². The number of fused-ring (bicyclic) bond motifs is 5. The van der Waals surface area contributed by atoms with Crippen molar-refractivity contribution in [3.05, 3.63) is 0 Å². The minimum Gasteiger partial charge on any atom is -0.468 e. The van der Waals surface area contributed by atoms with Gasteiger partial charge < -0.3 is 9.84 Å². The van der Waals surface area contributed by atoms with Gasteiger partial charge in [0, 0.05) is 5.92 Å². The summed E-state index contributed by atoms with van der Waals surface area (Å²) in [5.74, 6) is 3.32. The molecule has 0 saturated heterocycles. The predicted molar refractivity (Wildman–Crippen MR) is 144 cm³/mol. The normalized spacial score (nSPS) is 45.8. The van der Waals surface area contributed by atoms with Gasteiger partial charge in [0.15, 0.2) is 0 Å². The molecular formula is C32H54O4. The zero-order chi connectivity index (χ0) is 26.6. The van der Waals surface area contributed by atoms with Crippen molar-refractivity contribution < 1.29 is 19.4 Å². The molecule has 4 heteroatoms. The van der Waals surface area contributed by atoms with Crippen LogP contribution in [0, 0.1) is 64.1 Å². The molecule has 0 aromatic carbocycles. The summed E-state index contributed by atoms with van der Waals surface area (Å²) in [4.78, 5) is 25.6. The fourth-order valence-corrected chi connectivity index (χ4v) is 10.6. The molecule has 4 saturated carbocycles. The zero-order valence-electron chi connectivity index (χ0n) is 24.4. The Morgan fingerprint density at radius 3 is 2.31 bits per heavy atom. The first-order valence-electron chi connectivity index (χ1n) is 15.1. The molecule has 4 nitrogen and oxygen atoms in total. The SMILES string of the molecule is CC[C@]1(O)CC[C@@]2(C)[C@@H](CC[C@@H]3[C@@H]2CC[C@@]2(C)[C@H]3C[C@@H](C)[C@@H]2C(C)CC(C(=O)OC)C(=O)C(C)C)C1. The van der Waals surface area contributed by atoms with Crippen molar-refractivity contribution in [2.24, 2.45) is 64.1 Å². The van der Waals surface area contributed by atoms with Crippen LogP contribution in [-0.4, -0.2) is 29.6 Å². The van der Waals surface area contributed by atoms with Crippen molar-refractivity contribution >= 4 is 11.8 Å². The summed E-state index contributed by atoms with van der Waals surface area (Å²) in [6.45, 7) is 15.8. The molecule has 0 amide bonds. The highest BCUT2D eigenvalue weighted by Crippen LogP contribution is 2.70. The maximum absolute atomic E-state index is 12.9. The lowest BCUT2D eigenvalue weighted by Crippen LogP contribution is -2.56. The molecule has 36 heavy (non-hydrogen) atoms. The number of ketones is 1. The monoisotopic (exact) mass is 502 g/mol. The maximum Gasteiger partial charge on any atom is 0.316 e. The smallest absolute Gasteiger partial charge is 0.316 e. The number of hydrogen-bond acceptors (Lipinski definition) is 4. The van der Waals surface area contributed by atoms with Crippen molar-refractivity contribution in [3.8, 4) is 0 Å². The molecule has 1 N–H and O–H groups in total. The first kappa shape index (κ1) is 28.1. The standard InChI is InChI=1S/C32H54O4/c1-9-32(35)15-14-30(6)22(18-32)10-11-23-25(30)12-13-31(7)26(23)17-21(5)27(31)20(4)16-24(29(34)36-8)28(33)19(2)3/h19-27,35H,9-18H2,1-8H3/t20?,21-,22+,23-,24?,25+,26+,27+,30+,31+,32+/m1/s1. The Labute approximate surface area is 220 Å². The molecule has 4 rings (SSSR count). The Hall–Kier alpha value is -0.900. The molecule has 0 bridgehead atoms. The van der Waals surface area contributed by atoms with Gasteiger partial charge in [0.1, 0.15) is 11.7 Å².